The van der Waals surface area contributed by atoms with E-state index in [0.717, 1.165) is 17.4 Å². The van der Waals surface area contributed by atoms with Gasteiger partial charge in [-0.05, 0) is 16.8 Å². The average Bonchev–Trinajstić information content (AvgIpc) is 3.19. The number of ketones is 1. The zero-order valence-corrected chi connectivity index (χ0v) is 12.2. The number of carbonyl (C=O) groups excluding carboxylic acids is 1. The van der Waals surface area contributed by atoms with Gasteiger partial charge < -0.3 is 5.11 Å². The number of allylic oxidation sites excluding steroid dienone is 1. The van der Waals surface area contributed by atoms with E-state index in [1.165, 1.54) is 16.9 Å². The number of rotatable bonds is 5. The quantitative estimate of drug-likeness (QED) is 0.429. The largest absolute Gasteiger partial charge is 0.504 e. The Bertz CT molecular complexity index is 794. The molecule has 0 spiro atoms. The van der Waals surface area contributed by atoms with Gasteiger partial charge in [0.15, 0.2) is 11.5 Å². The molecular formula is C15H12N4O2S. The molecule has 3 rings (SSSR count). The van der Waals surface area contributed by atoms with Crippen LogP contribution in [0.25, 0.3) is 5.76 Å². The van der Waals surface area contributed by atoms with Crippen molar-refractivity contribution < 1.29 is 9.90 Å². The second kappa shape index (κ2) is 6.31. The topological polar surface area (TPSA) is 91.8 Å². The van der Waals surface area contributed by atoms with Crippen LogP contribution in [-0.2, 0) is 6.42 Å². The molecule has 0 aliphatic carbocycles. The van der Waals surface area contributed by atoms with Crippen molar-refractivity contribution in [2.45, 2.75) is 6.42 Å². The molecule has 0 radical (unpaired) electrons. The van der Waals surface area contributed by atoms with Crippen LogP contribution < -0.4 is 0 Å². The third kappa shape index (κ3) is 3.26. The van der Waals surface area contributed by atoms with Crippen molar-refractivity contribution in [3.63, 3.8) is 0 Å². The summed E-state index contributed by atoms with van der Waals surface area (Å²) in [6, 6.07) is 11.9. The Morgan fingerprint density at radius 2 is 2.14 bits per heavy atom. The molecule has 0 fully saturated rings. The molecule has 6 nitrogen and oxygen atoms in total. The summed E-state index contributed by atoms with van der Waals surface area (Å²) in [6.45, 7) is 0. The highest BCUT2D eigenvalue weighted by Crippen LogP contribution is 2.20. The maximum Gasteiger partial charge on any atom is 0.239 e. The van der Waals surface area contributed by atoms with Gasteiger partial charge in [0.2, 0.25) is 5.82 Å². The van der Waals surface area contributed by atoms with E-state index in [-0.39, 0.29) is 17.4 Å². The molecule has 0 aliphatic heterocycles. The number of carbonyl (C=O) groups is 1. The molecule has 0 amide bonds. The lowest BCUT2D eigenvalue weighted by atomic mass is 10.1. The summed E-state index contributed by atoms with van der Waals surface area (Å²) in [7, 11) is 0. The van der Waals surface area contributed by atoms with Gasteiger partial charge in [-0.25, -0.2) is 0 Å². The van der Waals surface area contributed by atoms with Gasteiger partial charge >= 0.3 is 0 Å². The van der Waals surface area contributed by atoms with Crippen LogP contribution in [0.1, 0.15) is 26.6 Å². The molecule has 0 atom stereocenters. The second-order valence-electron chi connectivity index (χ2n) is 4.59. The van der Waals surface area contributed by atoms with E-state index in [1.54, 1.807) is 5.38 Å². The average molecular weight is 312 g/mol. The summed E-state index contributed by atoms with van der Waals surface area (Å²) in [5.74, 6) is -0.611. The molecular weight excluding hydrogens is 300 g/mol. The first-order valence-electron chi connectivity index (χ1n) is 6.52. The van der Waals surface area contributed by atoms with Crippen LogP contribution in [-0.4, -0.2) is 31.5 Å². The van der Waals surface area contributed by atoms with Crippen LogP contribution in [0.15, 0.2) is 47.9 Å². The van der Waals surface area contributed by atoms with E-state index in [1.807, 2.05) is 36.4 Å². The van der Waals surface area contributed by atoms with Crippen LogP contribution in [0, 0.1) is 0 Å². The third-order valence-electron chi connectivity index (χ3n) is 3.00. The number of tetrazole rings is 1. The number of nitrogens with one attached hydrogen (secondary N) is 1. The Kier molecular flexibility index (Phi) is 4.06. The lowest BCUT2D eigenvalue weighted by Crippen LogP contribution is -1.96. The zero-order valence-electron chi connectivity index (χ0n) is 11.4. The van der Waals surface area contributed by atoms with Crippen LogP contribution >= 0.6 is 11.3 Å². The molecule has 22 heavy (non-hydrogen) atoms. The smallest absolute Gasteiger partial charge is 0.239 e. The number of aromatic nitrogens is 4. The van der Waals surface area contributed by atoms with Gasteiger partial charge in [0.1, 0.15) is 0 Å². The second-order valence-corrected chi connectivity index (χ2v) is 5.59. The van der Waals surface area contributed by atoms with Crippen molar-refractivity contribution in [1.29, 1.82) is 0 Å². The standard InChI is InChI=1S/C15H12N4O2S/c20-13(8-14(21)15-16-18-19-17-15)11-7-12(22-9-11)6-10-4-2-1-3-5-10/h1-5,7-9,21H,6H2,(H,16,17,18,19). The van der Waals surface area contributed by atoms with E-state index >= 15 is 0 Å². The molecule has 3 aromatic rings. The number of benzene rings is 1. The highest BCUT2D eigenvalue weighted by Gasteiger charge is 2.11. The fraction of sp³-hybridized carbons (Fsp3) is 0.0667. The van der Waals surface area contributed by atoms with E-state index in [0.29, 0.717) is 5.56 Å². The summed E-state index contributed by atoms with van der Waals surface area (Å²) in [5, 5.41) is 24.3. The summed E-state index contributed by atoms with van der Waals surface area (Å²) >= 11 is 1.52. The first kappa shape index (κ1) is 14.2. The van der Waals surface area contributed by atoms with Crippen molar-refractivity contribution in [2.24, 2.45) is 0 Å². The minimum absolute atomic E-state index is 0.00640. The molecule has 1 aromatic carbocycles. The molecule has 2 N–H and O–H groups in total. The van der Waals surface area contributed by atoms with Crippen molar-refractivity contribution in [3.05, 3.63) is 69.7 Å². The van der Waals surface area contributed by atoms with E-state index in [2.05, 4.69) is 20.6 Å². The zero-order chi connectivity index (χ0) is 15.4. The van der Waals surface area contributed by atoms with E-state index in [9.17, 15) is 9.90 Å². The lowest BCUT2D eigenvalue weighted by Gasteiger charge is -1.97. The van der Waals surface area contributed by atoms with E-state index in [4.69, 9.17) is 0 Å². The van der Waals surface area contributed by atoms with E-state index < -0.39 is 0 Å². The molecule has 0 saturated heterocycles. The number of hydrogen-bond acceptors (Lipinski definition) is 6. The van der Waals surface area contributed by atoms with Gasteiger partial charge in [0.25, 0.3) is 0 Å². The number of hydrogen-bond donors (Lipinski definition) is 2. The van der Waals surface area contributed by atoms with Gasteiger partial charge in [0.05, 0.1) is 0 Å². The summed E-state index contributed by atoms with van der Waals surface area (Å²) in [4.78, 5) is 13.2. The van der Waals surface area contributed by atoms with Gasteiger partial charge in [-0.15, -0.1) is 21.5 Å². The molecule has 0 aliphatic rings. The minimum atomic E-state index is -0.311. The SMILES string of the molecule is O=C(C=C(O)c1nn[nH]n1)c1csc(Cc2ccccc2)c1. The molecule has 0 bridgehead atoms. The maximum absolute atomic E-state index is 12.1. The van der Waals surface area contributed by atoms with Gasteiger partial charge in [0, 0.05) is 28.3 Å². The lowest BCUT2D eigenvalue weighted by molar-refractivity contribution is 0.104. The molecule has 0 unspecified atom stereocenters. The maximum atomic E-state index is 12.1. The third-order valence-corrected chi connectivity index (χ3v) is 3.94. The number of aliphatic hydroxyl groups excluding tert-OH is 1. The number of aromatic amines is 1. The first-order chi connectivity index (χ1) is 10.7. The van der Waals surface area contributed by atoms with Crippen LogP contribution in [0.5, 0.6) is 0 Å². The first-order valence-corrected chi connectivity index (χ1v) is 7.40. The Morgan fingerprint density at radius 1 is 1.32 bits per heavy atom. The van der Waals surface area contributed by atoms with Gasteiger partial charge in [-0.2, -0.15) is 5.21 Å². The fourth-order valence-corrected chi connectivity index (χ4v) is 2.85. The van der Waals surface area contributed by atoms with Crippen molar-refractivity contribution in [3.8, 4) is 0 Å². The Morgan fingerprint density at radius 3 is 2.86 bits per heavy atom. The molecule has 7 heteroatoms. The summed E-state index contributed by atoms with van der Waals surface area (Å²) in [5.41, 5.74) is 1.72. The normalized spacial score (nSPS) is 11.5. The van der Waals surface area contributed by atoms with Crippen molar-refractivity contribution >= 4 is 22.9 Å². The minimum Gasteiger partial charge on any atom is -0.504 e. The molecule has 2 heterocycles. The van der Waals surface area contributed by atoms with Crippen LogP contribution in [0.4, 0.5) is 0 Å². The monoisotopic (exact) mass is 312 g/mol. The van der Waals surface area contributed by atoms with Crippen LogP contribution in [0.3, 0.4) is 0 Å². The predicted molar refractivity (Wildman–Crippen MR) is 82.7 cm³/mol. The highest BCUT2D eigenvalue weighted by atomic mass is 32.1. The summed E-state index contributed by atoms with van der Waals surface area (Å²) < 4.78 is 0. The number of H-pyrrole nitrogens is 1. The molecule has 2 aromatic heterocycles. The highest BCUT2D eigenvalue weighted by molar-refractivity contribution is 7.10. The fourth-order valence-electron chi connectivity index (χ4n) is 1.94. The van der Waals surface area contributed by atoms with Crippen molar-refractivity contribution in [1.82, 2.24) is 20.6 Å². The number of nitrogens with zero attached hydrogens (tertiary/aromatic N) is 3. The van der Waals surface area contributed by atoms with Gasteiger partial charge in [-0.1, -0.05) is 30.3 Å². The predicted octanol–water partition coefficient (Wildman–Crippen LogP) is 2.63. The van der Waals surface area contributed by atoms with Crippen LogP contribution in [0.2, 0.25) is 0 Å². The molecule has 0 saturated carbocycles. The summed E-state index contributed by atoms with van der Waals surface area (Å²) in [6.07, 6.45) is 1.87. The Labute approximate surface area is 130 Å². The number of aliphatic hydroxyl groups is 1. The van der Waals surface area contributed by atoms with Gasteiger partial charge in [-0.3, -0.25) is 4.79 Å². The Balaban J connectivity index is 1.73. The molecule has 110 valence electrons. The van der Waals surface area contributed by atoms with Crippen molar-refractivity contribution in [2.75, 3.05) is 0 Å². The number of thiophene rings is 1. The Hall–Kier alpha value is -2.80.